The molecule has 2 rings (SSSR count). The van der Waals surface area contributed by atoms with Gasteiger partial charge in [-0.25, -0.2) is 0 Å². The van der Waals surface area contributed by atoms with Gasteiger partial charge in [0.15, 0.2) is 0 Å². The van der Waals surface area contributed by atoms with Gasteiger partial charge in [-0.15, -0.1) is 0 Å². The lowest BCUT2D eigenvalue weighted by atomic mass is 10.0. The smallest absolute Gasteiger partial charge is 0.0143 e. The van der Waals surface area contributed by atoms with Gasteiger partial charge in [-0.3, -0.25) is 0 Å². The van der Waals surface area contributed by atoms with E-state index in [0.29, 0.717) is 5.41 Å². The van der Waals surface area contributed by atoms with E-state index < -0.39 is 0 Å². The molecule has 1 saturated carbocycles. The minimum absolute atomic E-state index is 0.575. The van der Waals surface area contributed by atoms with Gasteiger partial charge < -0.3 is 0 Å². The average Bonchev–Trinajstić information content (AvgIpc) is 2.65. The molecule has 0 aliphatic heterocycles. The fourth-order valence-electron chi connectivity index (χ4n) is 3.09. The van der Waals surface area contributed by atoms with E-state index in [2.05, 4.69) is 39.8 Å². The van der Waals surface area contributed by atoms with Crippen molar-refractivity contribution in [1.82, 2.24) is 0 Å². The van der Waals surface area contributed by atoms with E-state index in [9.17, 15) is 0 Å². The molecule has 0 heteroatoms. The standard InChI is InChI=1S/C15H24/c1-11-6-5-7-12(2)10-14-13(9-8-11)15(14,3)4/h6,10,13-14H,5,7-9H2,1-4H3/b11-6+,12-10+/t13?,14-/m0/s1. The first-order valence-electron chi connectivity index (χ1n) is 6.34. The van der Waals surface area contributed by atoms with Crippen molar-refractivity contribution in [3.63, 3.8) is 0 Å². The Balaban J connectivity index is 2.13. The van der Waals surface area contributed by atoms with E-state index in [1.54, 1.807) is 11.1 Å². The van der Waals surface area contributed by atoms with Crippen LogP contribution in [-0.4, -0.2) is 0 Å². The lowest BCUT2D eigenvalue weighted by Gasteiger charge is -2.05. The highest BCUT2D eigenvalue weighted by molar-refractivity contribution is 5.19. The van der Waals surface area contributed by atoms with Crippen molar-refractivity contribution < 1.29 is 0 Å². The molecule has 0 saturated heterocycles. The molecule has 1 unspecified atom stereocenters. The van der Waals surface area contributed by atoms with Crippen LogP contribution in [-0.2, 0) is 0 Å². The number of hydrogen-bond donors (Lipinski definition) is 0. The van der Waals surface area contributed by atoms with Crippen LogP contribution in [0, 0.1) is 17.3 Å². The Morgan fingerprint density at radius 2 is 1.87 bits per heavy atom. The second-order valence-corrected chi connectivity index (χ2v) is 6.09. The summed E-state index contributed by atoms with van der Waals surface area (Å²) in [7, 11) is 0. The Bertz CT molecular complexity index is 304. The minimum Gasteiger partial charge on any atom is -0.0853 e. The van der Waals surface area contributed by atoms with Crippen molar-refractivity contribution in [3.05, 3.63) is 23.3 Å². The maximum atomic E-state index is 2.55. The molecule has 0 amide bonds. The molecular formula is C15H24. The average molecular weight is 204 g/mol. The van der Waals surface area contributed by atoms with Crippen LogP contribution in [0.4, 0.5) is 0 Å². The van der Waals surface area contributed by atoms with Crippen LogP contribution < -0.4 is 0 Å². The Morgan fingerprint density at radius 1 is 1.13 bits per heavy atom. The molecule has 2 aliphatic carbocycles. The van der Waals surface area contributed by atoms with Gasteiger partial charge in [-0.1, -0.05) is 37.1 Å². The van der Waals surface area contributed by atoms with Crippen LogP contribution in [0.5, 0.6) is 0 Å². The maximum absolute atomic E-state index is 2.55. The quantitative estimate of drug-likeness (QED) is 0.501. The normalized spacial score (nSPS) is 41.9. The van der Waals surface area contributed by atoms with Crippen LogP contribution in [0.15, 0.2) is 23.3 Å². The van der Waals surface area contributed by atoms with E-state index in [1.807, 2.05) is 0 Å². The number of fused-ring (bicyclic) bond motifs is 1. The highest BCUT2D eigenvalue weighted by Gasteiger charge is 2.55. The molecule has 84 valence electrons. The summed E-state index contributed by atoms with van der Waals surface area (Å²) in [5.74, 6) is 1.80. The maximum Gasteiger partial charge on any atom is -0.0143 e. The lowest BCUT2D eigenvalue weighted by molar-refractivity contribution is 0.528. The molecule has 0 nitrogen and oxygen atoms in total. The van der Waals surface area contributed by atoms with Crippen molar-refractivity contribution in [2.24, 2.45) is 17.3 Å². The molecular weight excluding hydrogens is 180 g/mol. The molecule has 0 aromatic rings. The fourth-order valence-corrected chi connectivity index (χ4v) is 3.09. The second-order valence-electron chi connectivity index (χ2n) is 6.09. The molecule has 2 atom stereocenters. The van der Waals surface area contributed by atoms with E-state index in [-0.39, 0.29) is 0 Å². The molecule has 1 fully saturated rings. The van der Waals surface area contributed by atoms with Gasteiger partial charge in [0, 0.05) is 0 Å². The Morgan fingerprint density at radius 3 is 2.60 bits per heavy atom. The van der Waals surface area contributed by atoms with Gasteiger partial charge in [0.25, 0.3) is 0 Å². The monoisotopic (exact) mass is 204 g/mol. The summed E-state index contributed by atoms with van der Waals surface area (Å²) >= 11 is 0. The number of allylic oxidation sites excluding steroid dienone is 4. The van der Waals surface area contributed by atoms with Gasteiger partial charge in [0.1, 0.15) is 0 Å². The molecule has 0 heterocycles. The highest BCUT2D eigenvalue weighted by atomic mass is 14.6. The van der Waals surface area contributed by atoms with Gasteiger partial charge in [-0.2, -0.15) is 0 Å². The van der Waals surface area contributed by atoms with Crippen molar-refractivity contribution in [2.45, 2.75) is 53.4 Å². The zero-order valence-corrected chi connectivity index (χ0v) is 10.6. The Labute approximate surface area is 94.5 Å². The molecule has 0 bridgehead atoms. The van der Waals surface area contributed by atoms with E-state index in [4.69, 9.17) is 0 Å². The summed E-state index contributed by atoms with van der Waals surface area (Å²) in [6.07, 6.45) is 10.2. The molecule has 0 spiro atoms. The van der Waals surface area contributed by atoms with Gasteiger partial charge in [-0.05, 0) is 56.8 Å². The number of hydrogen-bond acceptors (Lipinski definition) is 0. The molecule has 2 aliphatic rings. The third-order valence-corrected chi connectivity index (χ3v) is 4.48. The summed E-state index contributed by atoms with van der Waals surface area (Å²) in [5.41, 5.74) is 3.78. The van der Waals surface area contributed by atoms with E-state index in [1.165, 1.54) is 25.7 Å². The summed E-state index contributed by atoms with van der Waals surface area (Å²) in [6.45, 7) is 9.47. The predicted octanol–water partition coefficient (Wildman–Crippen LogP) is 4.73. The van der Waals surface area contributed by atoms with Crippen LogP contribution in [0.2, 0.25) is 0 Å². The molecule has 0 aromatic heterocycles. The largest absolute Gasteiger partial charge is 0.0853 e. The molecule has 0 radical (unpaired) electrons. The zero-order valence-electron chi connectivity index (χ0n) is 10.6. The Hall–Kier alpha value is -0.520. The van der Waals surface area contributed by atoms with E-state index in [0.717, 1.165) is 11.8 Å². The zero-order chi connectivity index (χ0) is 11.1. The summed E-state index contributed by atoms with van der Waals surface area (Å²) in [6, 6.07) is 0. The first-order chi connectivity index (χ1) is 7.01. The van der Waals surface area contributed by atoms with Crippen LogP contribution >= 0.6 is 0 Å². The molecule has 15 heavy (non-hydrogen) atoms. The van der Waals surface area contributed by atoms with Gasteiger partial charge in [0.2, 0.25) is 0 Å². The fraction of sp³-hybridized carbons (Fsp3) is 0.733. The highest BCUT2D eigenvalue weighted by Crippen LogP contribution is 2.61. The van der Waals surface area contributed by atoms with Crippen molar-refractivity contribution in [2.75, 3.05) is 0 Å². The first kappa shape index (κ1) is 11.0. The van der Waals surface area contributed by atoms with Crippen LogP contribution in [0.1, 0.15) is 53.4 Å². The molecule has 0 aromatic carbocycles. The topological polar surface area (TPSA) is 0 Å². The van der Waals surface area contributed by atoms with Crippen molar-refractivity contribution in [1.29, 1.82) is 0 Å². The lowest BCUT2D eigenvalue weighted by Crippen LogP contribution is -1.90. The SMILES string of the molecule is C/C1=C\[C@H]2C(CC/C(C)=C/CC1)C2(C)C. The summed E-state index contributed by atoms with van der Waals surface area (Å²) in [4.78, 5) is 0. The molecule has 0 N–H and O–H groups in total. The minimum atomic E-state index is 0.575. The van der Waals surface area contributed by atoms with E-state index >= 15 is 0 Å². The van der Waals surface area contributed by atoms with Crippen molar-refractivity contribution in [3.8, 4) is 0 Å². The number of rotatable bonds is 0. The third-order valence-electron chi connectivity index (χ3n) is 4.48. The third kappa shape index (κ3) is 2.19. The van der Waals surface area contributed by atoms with Gasteiger partial charge in [0.05, 0.1) is 0 Å². The second kappa shape index (κ2) is 3.81. The van der Waals surface area contributed by atoms with Gasteiger partial charge >= 0.3 is 0 Å². The first-order valence-corrected chi connectivity index (χ1v) is 6.34. The Kier molecular flexibility index (Phi) is 2.79. The van der Waals surface area contributed by atoms with Crippen LogP contribution in [0.25, 0.3) is 0 Å². The van der Waals surface area contributed by atoms with Crippen LogP contribution in [0.3, 0.4) is 0 Å². The summed E-state index contributed by atoms with van der Waals surface area (Å²) in [5, 5.41) is 0. The summed E-state index contributed by atoms with van der Waals surface area (Å²) < 4.78 is 0. The predicted molar refractivity (Wildman–Crippen MR) is 66.7 cm³/mol. The van der Waals surface area contributed by atoms with Crippen molar-refractivity contribution >= 4 is 0 Å².